The van der Waals surface area contributed by atoms with Gasteiger partial charge in [-0.05, 0) is 17.3 Å². The van der Waals surface area contributed by atoms with Crippen LogP contribution >= 0.6 is 0 Å². The summed E-state index contributed by atoms with van der Waals surface area (Å²) in [6.45, 7) is 0.0421. The number of nitrogens with zero attached hydrogens (tertiary/aromatic N) is 4. The van der Waals surface area contributed by atoms with Gasteiger partial charge in [0.05, 0.1) is 12.3 Å². The Kier molecular flexibility index (Phi) is 2.51. The van der Waals surface area contributed by atoms with E-state index in [-0.39, 0.29) is 6.61 Å². The number of aliphatic hydroxyl groups is 1. The summed E-state index contributed by atoms with van der Waals surface area (Å²) in [5.74, 6) is 0.552. The van der Waals surface area contributed by atoms with Crippen LogP contribution in [-0.2, 0) is 6.42 Å². The molecule has 0 radical (unpaired) electrons. The molecule has 0 saturated heterocycles. The molecule has 0 aliphatic heterocycles. The van der Waals surface area contributed by atoms with Crippen LogP contribution in [0.4, 0.5) is 0 Å². The van der Waals surface area contributed by atoms with Gasteiger partial charge in [-0.15, -0.1) is 15.0 Å². The van der Waals surface area contributed by atoms with E-state index in [9.17, 15) is 0 Å². The molecule has 0 atom stereocenters. The van der Waals surface area contributed by atoms with Gasteiger partial charge in [0.2, 0.25) is 0 Å². The van der Waals surface area contributed by atoms with E-state index >= 15 is 0 Å². The van der Waals surface area contributed by atoms with Crippen LogP contribution in [0.2, 0.25) is 0 Å². The van der Waals surface area contributed by atoms with Gasteiger partial charge in [0.25, 0.3) is 0 Å². The van der Waals surface area contributed by atoms with E-state index in [1.54, 1.807) is 0 Å². The van der Waals surface area contributed by atoms with Crippen molar-refractivity contribution in [2.45, 2.75) is 6.42 Å². The molecule has 14 heavy (non-hydrogen) atoms. The summed E-state index contributed by atoms with van der Waals surface area (Å²) in [5.41, 5.74) is 0.865. The number of aromatic nitrogens is 4. The molecule has 0 amide bonds. The Hall–Kier alpha value is -1.75. The van der Waals surface area contributed by atoms with Crippen molar-refractivity contribution in [2.24, 2.45) is 0 Å². The quantitative estimate of drug-likeness (QED) is 0.750. The first kappa shape index (κ1) is 8.83. The molecule has 1 aromatic heterocycles. The van der Waals surface area contributed by atoms with Crippen LogP contribution in [0, 0.1) is 0 Å². The zero-order valence-electron chi connectivity index (χ0n) is 7.54. The Bertz CT molecular complexity index is 398. The molecule has 1 N–H and O–H groups in total. The zero-order chi connectivity index (χ0) is 9.80. The normalized spacial score (nSPS) is 10.4. The number of rotatable bonds is 3. The lowest BCUT2D eigenvalue weighted by atomic mass is 10.3. The fraction of sp³-hybridized carbons (Fsp3) is 0.222. The summed E-state index contributed by atoms with van der Waals surface area (Å²) in [7, 11) is 0. The summed E-state index contributed by atoms with van der Waals surface area (Å²) in [4.78, 5) is 1.45. The molecule has 1 heterocycles. The lowest BCUT2D eigenvalue weighted by Crippen LogP contribution is -1.99. The number of hydrogen-bond donors (Lipinski definition) is 1. The standard InChI is InChI=1S/C9H10N4O/c14-7-6-9-10-12-13(11-9)8-4-2-1-3-5-8/h1-5,14H,6-7H2. The van der Waals surface area contributed by atoms with E-state index < -0.39 is 0 Å². The van der Waals surface area contributed by atoms with Gasteiger partial charge >= 0.3 is 0 Å². The molecular weight excluding hydrogens is 180 g/mol. The van der Waals surface area contributed by atoms with Crippen LogP contribution < -0.4 is 0 Å². The Balaban J connectivity index is 2.25. The maximum absolute atomic E-state index is 8.68. The molecule has 72 valence electrons. The van der Waals surface area contributed by atoms with Gasteiger partial charge in [-0.25, -0.2) is 0 Å². The first-order valence-corrected chi connectivity index (χ1v) is 4.35. The molecule has 0 aliphatic rings. The monoisotopic (exact) mass is 190 g/mol. The molecule has 0 spiro atoms. The average Bonchev–Trinajstić information content (AvgIpc) is 2.68. The number of tetrazole rings is 1. The summed E-state index contributed by atoms with van der Waals surface area (Å²) in [5, 5.41) is 20.5. The molecule has 5 heteroatoms. The Morgan fingerprint density at radius 2 is 2.00 bits per heavy atom. The van der Waals surface area contributed by atoms with Gasteiger partial charge in [-0.2, -0.15) is 0 Å². The third kappa shape index (κ3) is 1.77. The minimum atomic E-state index is 0.0421. The van der Waals surface area contributed by atoms with Gasteiger partial charge < -0.3 is 5.11 Å². The minimum Gasteiger partial charge on any atom is -0.396 e. The molecule has 0 saturated carbocycles. The number of hydrogen-bond acceptors (Lipinski definition) is 4. The average molecular weight is 190 g/mol. The third-order valence-electron chi connectivity index (χ3n) is 1.78. The highest BCUT2D eigenvalue weighted by molar-refractivity contribution is 5.27. The van der Waals surface area contributed by atoms with Crippen molar-refractivity contribution in [2.75, 3.05) is 6.61 Å². The highest BCUT2D eigenvalue weighted by Gasteiger charge is 2.02. The van der Waals surface area contributed by atoms with E-state index in [4.69, 9.17) is 5.11 Å². The van der Waals surface area contributed by atoms with E-state index in [2.05, 4.69) is 15.4 Å². The fourth-order valence-corrected chi connectivity index (χ4v) is 1.11. The van der Waals surface area contributed by atoms with Crippen molar-refractivity contribution in [3.8, 4) is 5.69 Å². The van der Waals surface area contributed by atoms with Gasteiger partial charge in [0, 0.05) is 6.42 Å². The molecule has 5 nitrogen and oxygen atoms in total. The van der Waals surface area contributed by atoms with Gasteiger partial charge in [-0.3, -0.25) is 0 Å². The third-order valence-corrected chi connectivity index (χ3v) is 1.78. The zero-order valence-corrected chi connectivity index (χ0v) is 7.54. The molecule has 1 aromatic carbocycles. The summed E-state index contributed by atoms with van der Waals surface area (Å²) < 4.78 is 0. The first-order chi connectivity index (χ1) is 6.90. The lowest BCUT2D eigenvalue weighted by molar-refractivity contribution is 0.296. The van der Waals surface area contributed by atoms with Crippen LogP contribution in [-0.4, -0.2) is 31.9 Å². The van der Waals surface area contributed by atoms with Gasteiger partial charge in [-0.1, -0.05) is 18.2 Å². The highest BCUT2D eigenvalue weighted by atomic mass is 16.3. The first-order valence-electron chi connectivity index (χ1n) is 4.35. The van der Waals surface area contributed by atoms with E-state index in [1.165, 1.54) is 4.80 Å². The Labute approximate surface area is 81.0 Å². The summed E-state index contributed by atoms with van der Waals surface area (Å²) in [6, 6.07) is 9.53. The second-order valence-electron chi connectivity index (χ2n) is 2.80. The Morgan fingerprint density at radius 1 is 1.21 bits per heavy atom. The van der Waals surface area contributed by atoms with Crippen molar-refractivity contribution in [1.82, 2.24) is 20.2 Å². The molecule has 2 aromatic rings. The van der Waals surface area contributed by atoms with Crippen LogP contribution in [0.25, 0.3) is 5.69 Å². The van der Waals surface area contributed by atoms with Crippen molar-refractivity contribution in [3.05, 3.63) is 36.2 Å². The van der Waals surface area contributed by atoms with Crippen molar-refractivity contribution in [1.29, 1.82) is 0 Å². The lowest BCUT2D eigenvalue weighted by Gasteiger charge is -1.95. The largest absolute Gasteiger partial charge is 0.396 e. The van der Waals surface area contributed by atoms with Crippen LogP contribution in [0.5, 0.6) is 0 Å². The SMILES string of the molecule is OCCc1nnn(-c2ccccc2)n1. The van der Waals surface area contributed by atoms with Crippen molar-refractivity contribution < 1.29 is 5.11 Å². The summed E-state index contributed by atoms with van der Waals surface area (Å²) in [6.07, 6.45) is 0.437. The fourth-order valence-electron chi connectivity index (χ4n) is 1.11. The highest BCUT2D eigenvalue weighted by Crippen LogP contribution is 2.02. The van der Waals surface area contributed by atoms with Crippen molar-refractivity contribution in [3.63, 3.8) is 0 Å². The van der Waals surface area contributed by atoms with Crippen LogP contribution in [0.3, 0.4) is 0 Å². The molecule has 0 unspecified atom stereocenters. The number of para-hydroxylation sites is 1. The van der Waals surface area contributed by atoms with Crippen LogP contribution in [0.15, 0.2) is 30.3 Å². The minimum absolute atomic E-state index is 0.0421. The number of benzene rings is 1. The van der Waals surface area contributed by atoms with E-state index in [1.807, 2.05) is 30.3 Å². The molecule has 0 aliphatic carbocycles. The van der Waals surface area contributed by atoms with E-state index in [0.717, 1.165) is 5.69 Å². The molecular formula is C9H10N4O. The molecule has 0 bridgehead atoms. The summed E-state index contributed by atoms with van der Waals surface area (Å²) >= 11 is 0. The van der Waals surface area contributed by atoms with Gasteiger partial charge in [0.1, 0.15) is 0 Å². The van der Waals surface area contributed by atoms with Crippen LogP contribution in [0.1, 0.15) is 5.82 Å². The predicted molar refractivity (Wildman–Crippen MR) is 49.9 cm³/mol. The maximum Gasteiger partial charge on any atom is 0.177 e. The smallest absolute Gasteiger partial charge is 0.177 e. The maximum atomic E-state index is 8.68. The molecule has 2 rings (SSSR count). The second kappa shape index (κ2) is 3.97. The molecule has 0 fully saturated rings. The Morgan fingerprint density at radius 3 is 2.71 bits per heavy atom. The van der Waals surface area contributed by atoms with Crippen molar-refractivity contribution >= 4 is 0 Å². The topological polar surface area (TPSA) is 63.8 Å². The predicted octanol–water partition coefficient (Wildman–Crippen LogP) is 0.197. The van der Waals surface area contributed by atoms with E-state index in [0.29, 0.717) is 12.2 Å². The van der Waals surface area contributed by atoms with Gasteiger partial charge in [0.15, 0.2) is 5.82 Å². The number of aliphatic hydroxyl groups excluding tert-OH is 1. The second-order valence-corrected chi connectivity index (χ2v) is 2.80.